The molecule has 1 aromatic rings. The van der Waals surface area contributed by atoms with Crippen molar-refractivity contribution in [1.82, 2.24) is 15.5 Å². The first kappa shape index (κ1) is 22.2. The van der Waals surface area contributed by atoms with Crippen LogP contribution in [0.3, 0.4) is 0 Å². The van der Waals surface area contributed by atoms with Crippen LogP contribution in [0.2, 0.25) is 0 Å². The Balaban J connectivity index is 0.00000242. The van der Waals surface area contributed by atoms with E-state index in [1.54, 1.807) is 0 Å². The van der Waals surface area contributed by atoms with Gasteiger partial charge in [-0.15, -0.1) is 24.8 Å². The van der Waals surface area contributed by atoms with E-state index in [1.807, 2.05) is 13.8 Å². The maximum Gasteiger partial charge on any atom is 0.237 e. The molecule has 4 nitrogen and oxygen atoms in total. The Morgan fingerprint density at radius 3 is 2.26 bits per heavy atom. The molecule has 0 spiro atoms. The number of benzene rings is 1. The summed E-state index contributed by atoms with van der Waals surface area (Å²) in [6, 6.07) is 8.48. The molecule has 2 N–H and O–H groups in total. The molecule has 1 fully saturated rings. The number of aryl methyl sites for hydroxylation is 1. The summed E-state index contributed by atoms with van der Waals surface area (Å²) in [5, 5.41) is 6.44. The van der Waals surface area contributed by atoms with Gasteiger partial charge in [0.15, 0.2) is 0 Å². The van der Waals surface area contributed by atoms with Crippen LogP contribution < -0.4 is 10.6 Å². The molecule has 2 rings (SSSR count). The number of carbonyl (C=O) groups excluding carboxylic acids is 1. The number of carbonyl (C=O) groups is 1. The quantitative estimate of drug-likeness (QED) is 0.846. The lowest BCUT2D eigenvalue weighted by Gasteiger charge is -2.32. The van der Waals surface area contributed by atoms with Crippen LogP contribution >= 0.6 is 24.8 Å². The van der Waals surface area contributed by atoms with E-state index in [0.29, 0.717) is 0 Å². The minimum absolute atomic E-state index is 0. The SMILES string of the molecule is CCc1ccc(C(C)NC(=O)C(C)N2CCNCC2)cc1.Cl.Cl. The van der Waals surface area contributed by atoms with E-state index in [4.69, 9.17) is 0 Å². The third-order valence-corrected chi connectivity index (χ3v) is 4.33. The highest BCUT2D eigenvalue weighted by atomic mass is 35.5. The Bertz CT molecular complexity index is 461. The number of piperazine rings is 1. The van der Waals surface area contributed by atoms with E-state index in [1.165, 1.54) is 5.56 Å². The molecular formula is C17H29Cl2N3O. The van der Waals surface area contributed by atoms with Gasteiger partial charge in [-0.05, 0) is 31.4 Å². The maximum atomic E-state index is 12.4. The largest absolute Gasteiger partial charge is 0.348 e. The molecule has 1 aliphatic heterocycles. The van der Waals surface area contributed by atoms with E-state index in [0.717, 1.165) is 38.2 Å². The second kappa shape index (κ2) is 10.9. The maximum absolute atomic E-state index is 12.4. The summed E-state index contributed by atoms with van der Waals surface area (Å²) in [5.74, 6) is 0.115. The summed E-state index contributed by atoms with van der Waals surface area (Å²) in [6.07, 6.45) is 1.04. The lowest BCUT2D eigenvalue weighted by molar-refractivity contribution is -0.126. The Labute approximate surface area is 152 Å². The normalized spacial score (nSPS) is 17.3. The zero-order valence-electron chi connectivity index (χ0n) is 14.2. The molecule has 2 unspecified atom stereocenters. The number of nitrogens with zero attached hydrogens (tertiary/aromatic N) is 1. The van der Waals surface area contributed by atoms with Crippen LogP contribution in [0, 0.1) is 0 Å². The summed E-state index contributed by atoms with van der Waals surface area (Å²) >= 11 is 0. The average Bonchev–Trinajstić information content (AvgIpc) is 2.55. The van der Waals surface area contributed by atoms with Crippen LogP contribution in [0.1, 0.15) is 37.9 Å². The molecule has 0 aromatic heterocycles. The van der Waals surface area contributed by atoms with Crippen LogP contribution in [-0.2, 0) is 11.2 Å². The van der Waals surface area contributed by atoms with Gasteiger partial charge in [0.2, 0.25) is 5.91 Å². The smallest absolute Gasteiger partial charge is 0.237 e. The lowest BCUT2D eigenvalue weighted by atomic mass is 10.0. The average molecular weight is 362 g/mol. The zero-order chi connectivity index (χ0) is 15.2. The van der Waals surface area contributed by atoms with Crippen LogP contribution in [0.15, 0.2) is 24.3 Å². The number of amides is 1. The van der Waals surface area contributed by atoms with Gasteiger partial charge in [-0.2, -0.15) is 0 Å². The molecular weight excluding hydrogens is 333 g/mol. The standard InChI is InChI=1S/C17H27N3O.2ClH/c1-4-15-5-7-16(8-6-15)13(2)19-17(21)14(3)20-11-9-18-10-12-20;;/h5-8,13-14,18H,4,9-12H2,1-3H3,(H,19,21);2*1H. The second-order valence-corrected chi connectivity index (χ2v) is 5.79. The highest BCUT2D eigenvalue weighted by Crippen LogP contribution is 2.14. The molecule has 1 heterocycles. The third kappa shape index (κ3) is 6.30. The Morgan fingerprint density at radius 2 is 1.74 bits per heavy atom. The van der Waals surface area contributed by atoms with Gasteiger partial charge < -0.3 is 10.6 Å². The van der Waals surface area contributed by atoms with E-state index >= 15 is 0 Å². The molecule has 1 aromatic carbocycles. The molecule has 23 heavy (non-hydrogen) atoms. The summed E-state index contributed by atoms with van der Waals surface area (Å²) in [6.45, 7) is 9.99. The van der Waals surface area contributed by atoms with E-state index < -0.39 is 0 Å². The zero-order valence-corrected chi connectivity index (χ0v) is 15.8. The molecule has 1 amide bonds. The van der Waals surface area contributed by atoms with E-state index in [2.05, 4.69) is 46.7 Å². The molecule has 1 saturated heterocycles. The van der Waals surface area contributed by atoms with Gasteiger partial charge in [-0.25, -0.2) is 0 Å². The number of hydrogen-bond donors (Lipinski definition) is 2. The fourth-order valence-electron chi connectivity index (χ4n) is 2.69. The first-order chi connectivity index (χ1) is 10.1. The molecule has 0 aliphatic carbocycles. The van der Waals surface area contributed by atoms with Crippen LogP contribution in [-0.4, -0.2) is 43.0 Å². The minimum Gasteiger partial charge on any atom is -0.348 e. The highest BCUT2D eigenvalue weighted by molar-refractivity contribution is 5.85. The van der Waals surface area contributed by atoms with Crippen molar-refractivity contribution in [3.63, 3.8) is 0 Å². The van der Waals surface area contributed by atoms with Crippen molar-refractivity contribution in [3.8, 4) is 0 Å². The Hall–Kier alpha value is -0.810. The first-order valence-electron chi connectivity index (χ1n) is 7.95. The summed E-state index contributed by atoms with van der Waals surface area (Å²) < 4.78 is 0. The van der Waals surface area contributed by atoms with Crippen molar-refractivity contribution in [1.29, 1.82) is 0 Å². The topological polar surface area (TPSA) is 44.4 Å². The predicted molar refractivity (Wildman–Crippen MR) is 101 cm³/mol. The number of hydrogen-bond acceptors (Lipinski definition) is 3. The van der Waals surface area contributed by atoms with Crippen molar-refractivity contribution in [2.24, 2.45) is 0 Å². The first-order valence-corrected chi connectivity index (χ1v) is 7.95. The van der Waals surface area contributed by atoms with Gasteiger partial charge in [0.1, 0.15) is 0 Å². The summed E-state index contributed by atoms with van der Waals surface area (Å²) in [5.41, 5.74) is 2.49. The monoisotopic (exact) mass is 361 g/mol. The highest BCUT2D eigenvalue weighted by Gasteiger charge is 2.23. The van der Waals surface area contributed by atoms with Crippen molar-refractivity contribution in [2.45, 2.75) is 39.3 Å². The third-order valence-electron chi connectivity index (χ3n) is 4.33. The van der Waals surface area contributed by atoms with Crippen LogP contribution in [0.5, 0.6) is 0 Å². The number of rotatable bonds is 5. The molecule has 0 bridgehead atoms. The van der Waals surface area contributed by atoms with Crippen molar-refractivity contribution >= 4 is 30.7 Å². The van der Waals surface area contributed by atoms with E-state index in [9.17, 15) is 4.79 Å². The Morgan fingerprint density at radius 1 is 1.17 bits per heavy atom. The Kier molecular flexibility index (Phi) is 10.5. The molecule has 6 heteroatoms. The van der Waals surface area contributed by atoms with Gasteiger partial charge >= 0.3 is 0 Å². The van der Waals surface area contributed by atoms with Crippen molar-refractivity contribution in [2.75, 3.05) is 26.2 Å². The summed E-state index contributed by atoms with van der Waals surface area (Å²) in [4.78, 5) is 14.6. The van der Waals surface area contributed by atoms with Crippen molar-refractivity contribution < 1.29 is 4.79 Å². The molecule has 0 radical (unpaired) electrons. The van der Waals surface area contributed by atoms with Gasteiger partial charge in [0.05, 0.1) is 12.1 Å². The molecule has 1 aliphatic rings. The van der Waals surface area contributed by atoms with Crippen LogP contribution in [0.4, 0.5) is 0 Å². The van der Waals surface area contributed by atoms with Crippen molar-refractivity contribution in [3.05, 3.63) is 35.4 Å². The van der Waals surface area contributed by atoms with Gasteiger partial charge in [0.25, 0.3) is 0 Å². The number of halogens is 2. The molecule has 2 atom stereocenters. The minimum atomic E-state index is -0.0653. The van der Waals surface area contributed by atoms with E-state index in [-0.39, 0.29) is 42.8 Å². The van der Waals surface area contributed by atoms with Crippen LogP contribution in [0.25, 0.3) is 0 Å². The van der Waals surface area contributed by atoms with Gasteiger partial charge in [-0.3, -0.25) is 9.69 Å². The fraction of sp³-hybridized carbons (Fsp3) is 0.588. The van der Waals surface area contributed by atoms with Gasteiger partial charge in [0, 0.05) is 26.2 Å². The summed E-state index contributed by atoms with van der Waals surface area (Å²) in [7, 11) is 0. The number of nitrogens with one attached hydrogen (secondary N) is 2. The lowest BCUT2D eigenvalue weighted by Crippen LogP contribution is -2.52. The van der Waals surface area contributed by atoms with Gasteiger partial charge in [-0.1, -0.05) is 31.2 Å². The predicted octanol–water partition coefficient (Wildman–Crippen LogP) is 2.56. The molecule has 0 saturated carbocycles. The molecule has 132 valence electrons. The fourth-order valence-corrected chi connectivity index (χ4v) is 2.69. The second-order valence-electron chi connectivity index (χ2n) is 5.79.